The number of hydrogen-bond acceptors (Lipinski definition) is 2. The van der Waals surface area contributed by atoms with Gasteiger partial charge in [0, 0.05) is 37.6 Å². The standard InChI is InChI=1S/C23H19S2.Y/c1-17-16-22(24-18-10-4-2-5-11-18)23(21-15-9-8-14-20(17)21)25-19-12-6-3-7-13-19;/h2-17H,1H3;/q-1;. The van der Waals surface area contributed by atoms with E-state index < -0.39 is 0 Å². The first-order chi connectivity index (χ1) is 12.3. The number of allylic oxidation sites excluding steroid dienone is 1. The van der Waals surface area contributed by atoms with Crippen LogP contribution in [-0.4, -0.2) is 0 Å². The minimum Gasteiger partial charge on any atom is -0.209 e. The van der Waals surface area contributed by atoms with E-state index in [1.807, 2.05) is 23.5 Å². The molecule has 1 atom stereocenters. The van der Waals surface area contributed by atoms with E-state index in [1.54, 1.807) is 0 Å². The number of thioether (sulfide) groups is 2. The van der Waals surface area contributed by atoms with Gasteiger partial charge in [-0.25, -0.2) is 6.42 Å². The summed E-state index contributed by atoms with van der Waals surface area (Å²) >= 11 is 3.73. The smallest absolute Gasteiger partial charge is 0.00916 e. The molecule has 0 aliphatic heterocycles. The zero-order valence-electron chi connectivity index (χ0n) is 14.6. The van der Waals surface area contributed by atoms with E-state index in [1.165, 1.54) is 30.7 Å². The average Bonchev–Trinajstić information content (AvgIpc) is 2.67. The van der Waals surface area contributed by atoms with Crippen molar-refractivity contribution in [3.63, 3.8) is 0 Å². The summed E-state index contributed by atoms with van der Waals surface area (Å²) in [6.07, 6.45) is 2.41. The fourth-order valence-electron chi connectivity index (χ4n) is 3.03. The molecule has 1 unspecified atom stereocenters. The van der Waals surface area contributed by atoms with E-state index in [0.717, 1.165) is 0 Å². The quantitative estimate of drug-likeness (QED) is 0.385. The summed E-state index contributed by atoms with van der Waals surface area (Å²) < 4.78 is 0. The molecule has 0 spiro atoms. The van der Waals surface area contributed by atoms with E-state index in [9.17, 15) is 0 Å². The molecule has 0 bridgehead atoms. The van der Waals surface area contributed by atoms with Gasteiger partial charge in [-0.15, -0.1) is 21.6 Å². The summed E-state index contributed by atoms with van der Waals surface area (Å²) in [5.74, 6) is 0.433. The van der Waals surface area contributed by atoms with Gasteiger partial charge >= 0.3 is 0 Å². The maximum absolute atomic E-state index is 2.41. The molecule has 0 saturated carbocycles. The van der Waals surface area contributed by atoms with Crippen molar-refractivity contribution in [2.24, 2.45) is 0 Å². The maximum atomic E-state index is 2.41. The molecular weight excluding hydrogens is 429 g/mol. The Kier molecular flexibility index (Phi) is 7.11. The first-order valence-corrected chi connectivity index (χ1v) is 10.1. The van der Waals surface area contributed by atoms with Crippen LogP contribution in [0.4, 0.5) is 0 Å². The van der Waals surface area contributed by atoms with Gasteiger partial charge in [-0.05, 0) is 29.2 Å². The first-order valence-electron chi connectivity index (χ1n) is 8.45. The van der Waals surface area contributed by atoms with Gasteiger partial charge in [-0.3, -0.25) is 0 Å². The van der Waals surface area contributed by atoms with Crippen LogP contribution in [0.3, 0.4) is 0 Å². The predicted molar refractivity (Wildman–Crippen MR) is 111 cm³/mol. The van der Waals surface area contributed by atoms with Gasteiger partial charge in [0.25, 0.3) is 0 Å². The second kappa shape index (κ2) is 9.33. The Morgan fingerprint density at radius 1 is 0.692 bits per heavy atom. The molecule has 3 aromatic carbocycles. The molecule has 0 saturated heterocycles. The van der Waals surface area contributed by atoms with Crippen molar-refractivity contribution in [1.29, 1.82) is 0 Å². The topological polar surface area (TPSA) is 0 Å². The van der Waals surface area contributed by atoms with Crippen molar-refractivity contribution < 1.29 is 32.7 Å². The summed E-state index contributed by atoms with van der Waals surface area (Å²) in [6.45, 7) is 2.29. The van der Waals surface area contributed by atoms with Crippen molar-refractivity contribution in [3.05, 3.63) is 107 Å². The first kappa shape index (κ1) is 19.8. The van der Waals surface area contributed by atoms with Gasteiger partial charge in [0.2, 0.25) is 0 Å². The summed E-state index contributed by atoms with van der Waals surface area (Å²) in [5, 5.41) is 0. The molecule has 0 heterocycles. The van der Waals surface area contributed by atoms with Crippen molar-refractivity contribution in [3.8, 4) is 0 Å². The zero-order valence-corrected chi connectivity index (χ0v) is 19.1. The molecule has 1 aliphatic rings. The van der Waals surface area contributed by atoms with Gasteiger partial charge in [0.1, 0.15) is 0 Å². The van der Waals surface area contributed by atoms with Crippen LogP contribution in [0.5, 0.6) is 0 Å². The van der Waals surface area contributed by atoms with Gasteiger partial charge < -0.3 is 0 Å². The third-order valence-corrected chi connectivity index (χ3v) is 6.60. The van der Waals surface area contributed by atoms with Gasteiger partial charge in [-0.1, -0.05) is 84.6 Å². The SMILES string of the molecule is CC1[CH-]C(Sc2ccccc2)=C(Sc2ccccc2)c2ccccc21.[Y]. The minimum atomic E-state index is 0. The van der Waals surface area contributed by atoms with Crippen LogP contribution in [0.15, 0.2) is 99.6 Å². The fraction of sp³-hybridized carbons (Fsp3) is 0.0870. The fourth-order valence-corrected chi connectivity index (χ4v) is 5.30. The van der Waals surface area contributed by atoms with E-state index in [-0.39, 0.29) is 32.7 Å². The van der Waals surface area contributed by atoms with Crippen LogP contribution < -0.4 is 0 Å². The Morgan fingerprint density at radius 3 is 1.88 bits per heavy atom. The Labute approximate surface area is 189 Å². The van der Waals surface area contributed by atoms with E-state index in [4.69, 9.17) is 0 Å². The van der Waals surface area contributed by atoms with E-state index in [0.29, 0.717) is 5.92 Å². The minimum absolute atomic E-state index is 0. The molecule has 0 amide bonds. The number of fused-ring (bicyclic) bond motifs is 1. The third kappa shape index (κ3) is 4.48. The number of benzene rings is 3. The van der Waals surface area contributed by atoms with Crippen molar-refractivity contribution >= 4 is 28.4 Å². The molecule has 0 fully saturated rings. The van der Waals surface area contributed by atoms with Crippen molar-refractivity contribution in [2.45, 2.75) is 22.6 Å². The van der Waals surface area contributed by atoms with Crippen LogP contribution in [0, 0.1) is 6.42 Å². The summed E-state index contributed by atoms with van der Waals surface area (Å²) in [5.41, 5.74) is 2.78. The molecular formula is C23H19S2Y-. The van der Waals surface area contributed by atoms with E-state index >= 15 is 0 Å². The molecule has 4 rings (SSSR count). The Balaban J connectivity index is 0.00000196. The predicted octanol–water partition coefficient (Wildman–Crippen LogP) is 7.26. The zero-order chi connectivity index (χ0) is 17.1. The van der Waals surface area contributed by atoms with Crippen molar-refractivity contribution in [2.75, 3.05) is 0 Å². The summed E-state index contributed by atoms with van der Waals surface area (Å²) in [4.78, 5) is 5.27. The molecule has 26 heavy (non-hydrogen) atoms. The second-order valence-corrected chi connectivity index (χ2v) is 8.27. The summed E-state index contributed by atoms with van der Waals surface area (Å²) in [7, 11) is 0. The Bertz CT molecular complexity index is 888. The number of hydrogen-bond donors (Lipinski definition) is 0. The van der Waals surface area contributed by atoms with E-state index in [2.05, 4.69) is 98.3 Å². The second-order valence-electron chi connectivity index (χ2n) is 6.07. The normalized spacial score (nSPS) is 15.7. The monoisotopic (exact) mass is 448 g/mol. The molecule has 3 heteroatoms. The van der Waals surface area contributed by atoms with Crippen LogP contribution in [0.25, 0.3) is 4.91 Å². The van der Waals surface area contributed by atoms with Gasteiger partial charge in [0.05, 0.1) is 0 Å². The van der Waals surface area contributed by atoms with Crippen LogP contribution in [0.2, 0.25) is 0 Å². The molecule has 127 valence electrons. The molecule has 3 aromatic rings. The molecule has 0 N–H and O–H groups in total. The molecule has 0 nitrogen and oxygen atoms in total. The molecule has 1 aliphatic carbocycles. The van der Waals surface area contributed by atoms with Crippen LogP contribution >= 0.6 is 23.5 Å². The molecule has 0 aromatic heterocycles. The van der Waals surface area contributed by atoms with Gasteiger partial charge in [-0.2, -0.15) is 11.8 Å². The average molecular weight is 448 g/mol. The van der Waals surface area contributed by atoms with Crippen LogP contribution in [0.1, 0.15) is 24.0 Å². The largest absolute Gasteiger partial charge is 0.209 e. The Morgan fingerprint density at radius 2 is 1.23 bits per heavy atom. The van der Waals surface area contributed by atoms with Gasteiger partial charge in [0.15, 0.2) is 0 Å². The number of rotatable bonds is 4. The third-order valence-electron chi connectivity index (χ3n) is 4.26. The van der Waals surface area contributed by atoms with Crippen molar-refractivity contribution in [1.82, 2.24) is 0 Å². The summed E-state index contributed by atoms with van der Waals surface area (Å²) in [6, 6.07) is 30.1. The Hall–Kier alpha value is -0.926. The maximum Gasteiger partial charge on any atom is 0.00916 e. The molecule has 1 radical (unpaired) electrons. The van der Waals surface area contributed by atoms with Crippen LogP contribution in [-0.2, 0) is 32.7 Å².